The van der Waals surface area contributed by atoms with Gasteiger partial charge in [-0.15, -0.1) is 0 Å². The number of H-pyrrole nitrogens is 1. The smallest absolute Gasteiger partial charge is 0.128 e. The van der Waals surface area contributed by atoms with Gasteiger partial charge in [-0.05, 0) is 53.1 Å². The van der Waals surface area contributed by atoms with Crippen LogP contribution in [0.4, 0.5) is 0 Å². The van der Waals surface area contributed by atoms with E-state index in [2.05, 4.69) is 37.9 Å². The van der Waals surface area contributed by atoms with Crippen LogP contribution in [0.1, 0.15) is 69.4 Å². The van der Waals surface area contributed by atoms with Crippen molar-refractivity contribution in [2.45, 2.75) is 64.8 Å². The van der Waals surface area contributed by atoms with Gasteiger partial charge in [0.15, 0.2) is 0 Å². The largest absolute Gasteiger partial charge is 0.507 e. The zero-order valence-electron chi connectivity index (χ0n) is 25.9. The Bertz CT molecular complexity index is 1600. The third-order valence-electron chi connectivity index (χ3n) is 7.41. The minimum Gasteiger partial charge on any atom is -0.507 e. The maximum Gasteiger partial charge on any atom is 0.128 e. The first kappa shape index (κ1) is 30.7. The van der Waals surface area contributed by atoms with Crippen molar-refractivity contribution in [1.82, 2.24) is 4.98 Å². The number of hydrogen-bond donors (Lipinski definition) is 3. The molecule has 1 unspecified atom stereocenters. The molecule has 3 aromatic carbocycles. The molecule has 0 saturated heterocycles. The fourth-order valence-corrected chi connectivity index (χ4v) is 5.01. The Morgan fingerprint density at radius 2 is 1.36 bits per heavy atom. The average molecular weight is 570 g/mol. The highest BCUT2D eigenvalue weighted by atomic mass is 16.5. The van der Waals surface area contributed by atoms with Gasteiger partial charge in [0.2, 0.25) is 0 Å². The number of phenols is 2. The third kappa shape index (κ3) is 6.96. The number of nitrogens with one attached hydrogen (secondary N) is 1. The van der Waals surface area contributed by atoms with E-state index in [-0.39, 0.29) is 28.4 Å². The van der Waals surface area contributed by atoms with Crippen molar-refractivity contribution in [3.63, 3.8) is 0 Å². The molecular formula is C35H43N3O4. The van der Waals surface area contributed by atoms with Crippen molar-refractivity contribution >= 4 is 23.3 Å². The molecular weight excluding hydrogens is 526 g/mol. The van der Waals surface area contributed by atoms with Gasteiger partial charge in [0.25, 0.3) is 0 Å². The van der Waals surface area contributed by atoms with Gasteiger partial charge < -0.3 is 24.7 Å². The summed E-state index contributed by atoms with van der Waals surface area (Å²) < 4.78 is 11.0. The van der Waals surface area contributed by atoms with Crippen molar-refractivity contribution in [3.8, 4) is 23.0 Å². The molecule has 4 rings (SSSR count). The molecule has 42 heavy (non-hydrogen) atoms. The number of benzene rings is 3. The number of para-hydroxylation sites is 1. The summed E-state index contributed by atoms with van der Waals surface area (Å²) in [7, 11) is 3.23. The lowest BCUT2D eigenvalue weighted by molar-refractivity contribution is 0.405. The molecule has 0 aliphatic heterocycles. The van der Waals surface area contributed by atoms with E-state index in [1.807, 2.05) is 51.2 Å². The molecule has 1 atom stereocenters. The number of aromatic amines is 1. The van der Waals surface area contributed by atoms with Gasteiger partial charge in [-0.1, -0.05) is 59.7 Å². The molecule has 0 bridgehead atoms. The highest BCUT2D eigenvalue weighted by molar-refractivity contribution is 5.87. The van der Waals surface area contributed by atoms with Crippen LogP contribution in [0.5, 0.6) is 23.0 Å². The summed E-state index contributed by atoms with van der Waals surface area (Å²) in [4.78, 5) is 13.0. The van der Waals surface area contributed by atoms with Crippen LogP contribution in [0.15, 0.2) is 64.7 Å². The van der Waals surface area contributed by atoms with Crippen molar-refractivity contribution in [1.29, 1.82) is 0 Å². The summed E-state index contributed by atoms with van der Waals surface area (Å²) in [5.41, 5.74) is 4.41. The summed E-state index contributed by atoms with van der Waals surface area (Å²) in [6, 6.07) is 15.3. The van der Waals surface area contributed by atoms with Gasteiger partial charge in [-0.3, -0.25) is 9.98 Å². The number of hydrogen-bond acceptors (Lipinski definition) is 6. The molecule has 0 aliphatic rings. The lowest BCUT2D eigenvalue weighted by atomic mass is 9.85. The number of ether oxygens (including phenoxy) is 2. The molecule has 0 saturated carbocycles. The molecule has 3 N–H and O–H groups in total. The Labute approximate surface area is 249 Å². The van der Waals surface area contributed by atoms with E-state index in [9.17, 15) is 10.2 Å². The normalized spacial score (nSPS) is 13.3. The minimum atomic E-state index is -0.278. The Balaban J connectivity index is 1.70. The summed E-state index contributed by atoms with van der Waals surface area (Å²) in [5.74, 6) is 1.71. The van der Waals surface area contributed by atoms with Crippen LogP contribution in [-0.2, 0) is 17.3 Å². The van der Waals surface area contributed by atoms with Gasteiger partial charge in [-0.2, -0.15) is 0 Å². The lowest BCUT2D eigenvalue weighted by Crippen LogP contribution is -2.15. The van der Waals surface area contributed by atoms with Crippen LogP contribution >= 0.6 is 0 Å². The Morgan fingerprint density at radius 3 is 1.90 bits per heavy atom. The minimum absolute atomic E-state index is 0.192. The Kier molecular flexibility index (Phi) is 9.00. The summed E-state index contributed by atoms with van der Waals surface area (Å²) >= 11 is 0. The summed E-state index contributed by atoms with van der Waals surface area (Å²) in [6.07, 6.45) is 6.04. The zero-order chi connectivity index (χ0) is 30.7. The zero-order valence-corrected chi connectivity index (χ0v) is 25.9. The van der Waals surface area contributed by atoms with E-state index < -0.39 is 0 Å². The number of fused-ring (bicyclic) bond motifs is 1. The number of rotatable bonds is 9. The van der Waals surface area contributed by atoms with Crippen LogP contribution in [0.3, 0.4) is 0 Å². The lowest BCUT2D eigenvalue weighted by Gasteiger charge is -2.22. The fourth-order valence-electron chi connectivity index (χ4n) is 5.01. The van der Waals surface area contributed by atoms with Gasteiger partial charge in [0, 0.05) is 51.8 Å². The number of aliphatic imine (C=N–C) groups is 2. The van der Waals surface area contributed by atoms with Crippen molar-refractivity contribution in [2.75, 3.05) is 20.8 Å². The third-order valence-corrected chi connectivity index (χ3v) is 7.41. The van der Waals surface area contributed by atoms with Gasteiger partial charge >= 0.3 is 0 Å². The molecule has 7 nitrogen and oxygen atoms in total. The predicted octanol–water partition coefficient (Wildman–Crippen LogP) is 7.34. The van der Waals surface area contributed by atoms with E-state index in [0.29, 0.717) is 35.6 Å². The maximum atomic E-state index is 11.1. The van der Waals surface area contributed by atoms with Gasteiger partial charge in [0.05, 0.1) is 26.8 Å². The molecule has 4 aromatic rings. The Hall–Kier alpha value is -4.26. The van der Waals surface area contributed by atoms with Gasteiger partial charge in [0.1, 0.15) is 23.0 Å². The van der Waals surface area contributed by atoms with Crippen molar-refractivity contribution in [3.05, 3.63) is 82.5 Å². The van der Waals surface area contributed by atoms with E-state index >= 15 is 0 Å². The summed E-state index contributed by atoms with van der Waals surface area (Å²) in [5, 5.41) is 23.3. The SMILES string of the molecule is COc1cc(C=NCC(Cc2c[nH]c3ccccc23)N=Cc2cc(OC)cc(C(C)(C)C)c2O)c(O)c(C(C)(C)C)c1. The second kappa shape index (κ2) is 12.3. The quantitative estimate of drug-likeness (QED) is 0.184. The molecule has 1 aromatic heterocycles. The monoisotopic (exact) mass is 569 g/mol. The van der Waals surface area contributed by atoms with Crippen LogP contribution in [-0.4, -0.2) is 54.4 Å². The molecule has 0 fully saturated rings. The molecule has 1 heterocycles. The number of methoxy groups -OCH3 is 2. The van der Waals surface area contributed by atoms with Crippen LogP contribution < -0.4 is 9.47 Å². The number of phenolic OH excluding ortho intramolecular Hbond substituents is 2. The predicted molar refractivity (Wildman–Crippen MR) is 173 cm³/mol. The standard InChI is InChI=1S/C35H43N3O4/c1-34(2,3)29-16-26(41-7)14-23(32(29)39)18-36-21-25(13-22-19-38-31-12-10-9-11-28(22)31)37-20-24-15-27(42-8)17-30(33(24)40)35(4,5)6/h9-12,14-20,25,38-40H,13,21H2,1-8H3. The van der Waals surface area contributed by atoms with E-state index in [1.165, 1.54) is 0 Å². The molecule has 0 radical (unpaired) electrons. The first-order chi connectivity index (χ1) is 19.8. The van der Waals surface area contributed by atoms with Crippen LogP contribution in [0.2, 0.25) is 0 Å². The number of aromatic hydroxyl groups is 2. The van der Waals surface area contributed by atoms with Crippen LogP contribution in [0, 0.1) is 0 Å². The molecule has 222 valence electrons. The maximum absolute atomic E-state index is 11.1. The van der Waals surface area contributed by atoms with Crippen LogP contribution in [0.25, 0.3) is 10.9 Å². The molecule has 7 heteroatoms. The molecule has 0 aliphatic carbocycles. The van der Waals surface area contributed by atoms with E-state index in [1.54, 1.807) is 38.8 Å². The first-order valence-electron chi connectivity index (χ1n) is 14.2. The highest BCUT2D eigenvalue weighted by Crippen LogP contribution is 2.37. The van der Waals surface area contributed by atoms with E-state index in [0.717, 1.165) is 27.6 Å². The average Bonchev–Trinajstić information content (AvgIpc) is 3.34. The topological polar surface area (TPSA) is 99.4 Å². The second-order valence-corrected chi connectivity index (χ2v) is 12.7. The highest BCUT2D eigenvalue weighted by Gasteiger charge is 2.23. The number of aromatic nitrogens is 1. The van der Waals surface area contributed by atoms with Crippen molar-refractivity contribution in [2.24, 2.45) is 9.98 Å². The Morgan fingerprint density at radius 1 is 0.810 bits per heavy atom. The second-order valence-electron chi connectivity index (χ2n) is 12.7. The fraction of sp³-hybridized carbons (Fsp3) is 0.371. The summed E-state index contributed by atoms with van der Waals surface area (Å²) in [6.45, 7) is 12.7. The number of nitrogens with zero attached hydrogens (tertiary/aromatic N) is 2. The molecule has 0 amide bonds. The van der Waals surface area contributed by atoms with E-state index in [4.69, 9.17) is 19.5 Å². The first-order valence-corrected chi connectivity index (χ1v) is 14.2. The van der Waals surface area contributed by atoms with Gasteiger partial charge in [-0.25, -0.2) is 0 Å². The van der Waals surface area contributed by atoms with Crippen molar-refractivity contribution < 1.29 is 19.7 Å². The molecule has 0 spiro atoms.